The van der Waals surface area contributed by atoms with Gasteiger partial charge in [-0.05, 0) is 128 Å². The zero-order valence-electron chi connectivity index (χ0n) is 83.9. The minimum Gasteiger partial charge on any atom is -0.469 e. The molecule has 14 amide bonds. The lowest BCUT2D eigenvalue weighted by atomic mass is 10.1. The van der Waals surface area contributed by atoms with E-state index in [0.29, 0.717) is 18.1 Å². The molecule has 756 valence electrons. The van der Waals surface area contributed by atoms with Crippen LogP contribution in [0.1, 0.15) is 19.3 Å². The Morgan fingerprint density at radius 1 is 0.383 bits per heavy atom. The summed E-state index contributed by atoms with van der Waals surface area (Å²) in [7, 11) is 19.6. The Labute approximate surface area is 803 Å². The lowest BCUT2D eigenvalue weighted by molar-refractivity contribution is -0.143. The van der Waals surface area contributed by atoms with E-state index in [1.54, 1.807) is 88.6 Å². The Hall–Kier alpha value is -12.0. The number of pyridine rings is 1. The number of nitrogens with zero attached hydrogens (tertiary/aromatic N) is 1. The lowest BCUT2D eigenvalue weighted by Gasteiger charge is -2.20. The summed E-state index contributed by atoms with van der Waals surface area (Å²) in [5.74, 6) is -7.17. The summed E-state index contributed by atoms with van der Waals surface area (Å²) in [6.45, 7) is 25.7. The van der Waals surface area contributed by atoms with Crippen molar-refractivity contribution < 1.29 is 110 Å². The zero-order valence-corrected chi connectivity index (χ0v) is 80.2. The van der Waals surface area contributed by atoms with Crippen LogP contribution in [0.4, 0.5) is 0 Å². The van der Waals surface area contributed by atoms with Crippen molar-refractivity contribution in [1.29, 1.82) is 0 Å². The summed E-state index contributed by atoms with van der Waals surface area (Å²) in [4.78, 5) is 201. The summed E-state index contributed by atoms with van der Waals surface area (Å²) in [5.41, 5.74) is 17.8. The number of carbonyl (C=O) groups excluding carboxylic acids is 17. The molecule has 14 atom stereocenters. The molecular weight excluding hydrogens is 1820 g/mol. The molecule has 1 heterocycles. The fraction of sp³-hybridized carbons (Fsp3) is 0.538. The molecule has 0 radical (unpaired) electrons. The van der Waals surface area contributed by atoms with E-state index in [-0.39, 0.29) is 113 Å². The van der Waals surface area contributed by atoms with Crippen molar-refractivity contribution in [2.45, 2.75) is 109 Å². The number of hydrogen-bond acceptors (Lipinski definition) is 41. The second-order valence-electron chi connectivity index (χ2n) is 25.9. The topological polar surface area (TPSA) is 801 Å². The van der Waals surface area contributed by atoms with E-state index < -0.39 is 156 Å². The van der Waals surface area contributed by atoms with E-state index in [2.05, 4.69) is 177 Å². The van der Waals surface area contributed by atoms with Gasteiger partial charge in [0.15, 0.2) is 9.88 Å². The van der Waals surface area contributed by atoms with Gasteiger partial charge in [0.05, 0.1) is 76.4 Å². The van der Waals surface area contributed by atoms with Gasteiger partial charge in [-0.1, -0.05) is 62.9 Å². The quantitative estimate of drug-likeness (QED) is 0.0164. The van der Waals surface area contributed by atoms with Crippen molar-refractivity contribution in [3.05, 3.63) is 114 Å². The highest BCUT2D eigenvalue weighted by Gasteiger charge is 2.30. The lowest BCUT2D eigenvalue weighted by Crippen LogP contribution is -2.56. The van der Waals surface area contributed by atoms with Gasteiger partial charge in [-0.25, -0.2) is 4.98 Å². The molecule has 0 saturated carbocycles. The number of carbonyl (C=O) groups is 17. The number of ether oxygens (including phenoxy) is 4. The van der Waals surface area contributed by atoms with Crippen molar-refractivity contribution in [1.82, 2.24) is 117 Å². The number of amides is 14. The van der Waals surface area contributed by atoms with Crippen LogP contribution in [0.15, 0.2) is 119 Å². The number of nitrogens with two attached hydrogens (primary N) is 8. The van der Waals surface area contributed by atoms with Gasteiger partial charge in [0.25, 0.3) is 0 Å². The fourth-order valence-electron chi connectivity index (χ4n) is 8.83. The van der Waals surface area contributed by atoms with Crippen LogP contribution in [-0.4, -0.2) is 356 Å². The van der Waals surface area contributed by atoms with Crippen molar-refractivity contribution >= 4 is 146 Å². The zero-order chi connectivity index (χ0) is 108. The molecule has 0 aromatic carbocycles. The van der Waals surface area contributed by atoms with Crippen LogP contribution in [0, 0.1) is 0 Å². The van der Waals surface area contributed by atoms with Gasteiger partial charge in [-0.15, -0.1) is 11.8 Å². The SMILES string of the molecule is [3H]NC(=O)[C@H](CNC=C)NC(=O)[C@@H](N)CSCC(=O)OC.[3H]NC(=O)[C@H](CNC=C)NC(=O)[C@H](CC(=O)OC)NC.[3H]NC(=O)[C@H](CNC=C)NC(=O)[C@H](CCC(=O)OC)NC.[3H]NC(=O)[C@H](CNC=C)NC(=O)[C@H](CNC)NC.[3H]NC(=O)[C@H](CNC=C)NC(=O)[C@H](COC)NC.[3H]NC(=O)[C@H](CNC=C)NC(=O)[C@H](CSC)NC.[3H]NC(=O)[C@H](CNC=C)NC(=O)[C@H](CSSc1ccccn1)NC. The first-order valence-corrected chi connectivity index (χ1v) is 44.7. The highest BCUT2D eigenvalue weighted by Crippen LogP contribution is 2.29. The fourth-order valence-corrected chi connectivity index (χ4v) is 12.4. The summed E-state index contributed by atoms with van der Waals surface area (Å²) in [6.07, 6.45) is 13.5. The molecule has 0 aliphatic carbocycles. The number of likely N-dealkylation sites (N-methyl/N-ethyl adjacent to an activating group) is 7. The maximum atomic E-state index is 12.3. The molecular formula is C78H144N30O21S4. The third kappa shape index (κ3) is 68.6. The summed E-state index contributed by atoms with van der Waals surface area (Å²) in [5, 5.41) is 57.1. The molecule has 0 aliphatic rings. The standard InChI is InChI=1S/C14H21N5O2S2.C12H22N4O4.C11H20N4O4S.C11H20N4O4.C10H21N5O2.C10H20N4O3.C10H20N4O2S/c1-3-17-8-10(13(15)20)19-14(21)11(16-2)9-22-23-12-6-4-5-7-18-12;1-4-15-7-9(11(13)18)16-12(19)8(14-2)5-6-10(17)20-3;1-3-14-4-8(10(13)17)15-11(18)7(12)5-20-6-9(16)19-2;1-4-14-6-8(10(12)17)15-11(18)7(13-2)5-9(16)19-3;1-4-14-6-7(9(11)16)15-10(17)8(13-3)5-12-2;2*1-4-13-5-7(9(11)15)14-10(16)8(12-2)6-17-3/h3-7,10-11,16-17H,1,8-9H2,2H3,(H2,15,20)(H,19,21);4,8-9,14-15H,1,5-7H2,2-3H3,(H2,13,18)(H,16,19);3,7-8,14H,1,4-6,12H2,2H3,(H2,13,17)(H,15,18);4,7-8,13-14H,1,5-6H2,2-3H3,(H2,12,17)(H,15,18);4,7-8,12-14H,1,5-6H2,2-3H3,(H2,11,16)(H,15,17);2*4,7-8,12-13H,1,5-6H2,2-3H3,(H2,11,15)(H,14,16)/t10-,11-;8-,9-;5*7-,8-/m0000000/s1/i/hT7. The average Bonchev–Trinajstić information content (AvgIpc) is 0.742. The summed E-state index contributed by atoms with van der Waals surface area (Å²) >= 11 is 2.68. The molecule has 0 bridgehead atoms. The van der Waals surface area contributed by atoms with Gasteiger partial charge < -0.3 is 176 Å². The maximum absolute atomic E-state index is 12.3. The van der Waals surface area contributed by atoms with Crippen molar-refractivity contribution in [3.8, 4) is 0 Å². The van der Waals surface area contributed by atoms with E-state index in [9.17, 15) is 81.5 Å². The molecule has 1 aromatic rings. The molecule has 0 spiro atoms. The van der Waals surface area contributed by atoms with Crippen LogP contribution < -0.4 is 157 Å². The van der Waals surface area contributed by atoms with E-state index >= 15 is 0 Å². The Kier molecular flexibility index (Phi) is 75.2. The predicted molar refractivity (Wildman–Crippen MR) is 514 cm³/mol. The number of nitrogens with one attached hydrogen (secondary N) is 21. The average molecular weight is 1980 g/mol. The smallest absolute Gasteiger partial charge is 0.315 e. The maximum Gasteiger partial charge on any atom is 0.315 e. The molecule has 55 heteroatoms. The van der Waals surface area contributed by atoms with Gasteiger partial charge in [-0.3, -0.25) is 81.5 Å². The van der Waals surface area contributed by atoms with Crippen LogP contribution in [0.2, 0.25) is 9.88 Å². The number of methoxy groups -OCH3 is 4. The number of esters is 3. The van der Waals surface area contributed by atoms with Crippen LogP contribution in [0.3, 0.4) is 0 Å². The second kappa shape index (κ2) is 85.4. The molecule has 0 saturated heterocycles. The summed E-state index contributed by atoms with van der Waals surface area (Å²) in [6, 6.07) is -4.70. The molecule has 0 aliphatic heterocycles. The third-order valence-corrected chi connectivity index (χ3v) is 20.3. The van der Waals surface area contributed by atoms with Crippen molar-refractivity contribution in [2.24, 2.45) is 45.8 Å². The van der Waals surface area contributed by atoms with Gasteiger partial charge in [0.1, 0.15) is 53.4 Å². The highest BCUT2D eigenvalue weighted by atomic mass is 33.1. The first-order valence-electron chi connectivity index (χ1n) is 43.3. The molecule has 1 rings (SSSR count). The van der Waals surface area contributed by atoms with Crippen LogP contribution in [0.25, 0.3) is 0 Å². The molecule has 133 heavy (non-hydrogen) atoms. The largest absolute Gasteiger partial charge is 0.469 e. The van der Waals surface area contributed by atoms with Crippen molar-refractivity contribution in [3.63, 3.8) is 0 Å². The number of primary amides is 7. The third-order valence-electron chi connectivity index (χ3n) is 16.3. The summed E-state index contributed by atoms with van der Waals surface area (Å²) < 4.78 is 66.2. The van der Waals surface area contributed by atoms with Gasteiger partial charge in [-0.2, -0.15) is 11.8 Å². The molecule has 0 unspecified atom stereocenters. The Balaban J connectivity index is -0.000000375. The van der Waals surface area contributed by atoms with E-state index in [0.717, 1.165) is 16.8 Å². The Bertz CT molecular complexity index is 3710. The van der Waals surface area contributed by atoms with Gasteiger partial charge in [0, 0.05) is 89.3 Å². The van der Waals surface area contributed by atoms with Crippen LogP contribution >= 0.6 is 45.1 Å². The first-order chi connectivity index (χ1) is 66.9. The van der Waals surface area contributed by atoms with Gasteiger partial charge in [0.2, 0.25) is 82.7 Å². The van der Waals surface area contributed by atoms with Gasteiger partial charge >= 0.3 is 17.9 Å². The van der Waals surface area contributed by atoms with Crippen LogP contribution in [-0.2, 0) is 100 Å². The molecule has 37 N–H and O–H groups in total. The normalized spacial score (nSPS) is 13.7. The number of aromatic nitrogens is 1. The monoisotopic (exact) mass is 1980 g/mol. The second-order valence-corrected chi connectivity index (χ2v) is 30.2. The first kappa shape index (κ1) is 117. The highest BCUT2D eigenvalue weighted by molar-refractivity contribution is 8.76. The van der Waals surface area contributed by atoms with Crippen LogP contribution in [0.5, 0.6) is 0 Å². The van der Waals surface area contributed by atoms with E-state index in [1.165, 1.54) is 112 Å². The Morgan fingerprint density at radius 2 is 0.692 bits per heavy atom. The predicted octanol–water partition coefficient (Wildman–Crippen LogP) is -11.8. The number of hydrogen-bond donors (Lipinski definition) is 29. The van der Waals surface area contributed by atoms with E-state index in [1.807, 2.05) is 24.5 Å². The van der Waals surface area contributed by atoms with Crippen molar-refractivity contribution in [2.75, 3.05) is 166 Å². The minimum atomic E-state index is -0.952. The number of rotatable bonds is 67. The molecule has 0 fully saturated rings. The number of thioether (sulfide) groups is 2. The molecule has 1 aromatic heterocycles. The van der Waals surface area contributed by atoms with E-state index in [4.69, 9.17) is 20.4 Å². The minimum absolute atomic E-state index is 0.0780. The molecule has 51 nitrogen and oxygen atoms in total. The Morgan fingerprint density at radius 3 is 0.977 bits per heavy atom.